The van der Waals surface area contributed by atoms with Gasteiger partial charge in [0.05, 0.1) is 6.04 Å². The lowest BCUT2D eigenvalue weighted by Gasteiger charge is -2.23. The average Bonchev–Trinajstić information content (AvgIpc) is 2.57. The van der Waals surface area contributed by atoms with Crippen molar-refractivity contribution in [1.82, 2.24) is 10.6 Å². The summed E-state index contributed by atoms with van der Waals surface area (Å²) in [7, 11) is 0. The monoisotopic (exact) mass is 336 g/mol. The molecule has 0 aliphatic heterocycles. The lowest BCUT2D eigenvalue weighted by Crippen LogP contribution is -2.28. The molecule has 0 bridgehead atoms. The number of hydrogen-bond acceptors (Lipinski definition) is 2. The van der Waals surface area contributed by atoms with E-state index in [2.05, 4.69) is 10.6 Å². The van der Waals surface area contributed by atoms with Crippen molar-refractivity contribution in [2.24, 2.45) is 0 Å². The highest BCUT2D eigenvalue weighted by molar-refractivity contribution is 6.25. The molecule has 0 spiro atoms. The summed E-state index contributed by atoms with van der Waals surface area (Å²) in [6.45, 7) is 3.40. The van der Waals surface area contributed by atoms with Gasteiger partial charge in [-0.15, -0.1) is 0 Å². The summed E-state index contributed by atoms with van der Waals surface area (Å²) in [6, 6.07) is 12.2. The van der Waals surface area contributed by atoms with Crippen molar-refractivity contribution in [3.8, 4) is 0 Å². The number of halogens is 3. The van der Waals surface area contributed by atoms with Gasteiger partial charge in [-0.3, -0.25) is 0 Å². The van der Waals surface area contributed by atoms with Gasteiger partial charge < -0.3 is 10.6 Å². The fourth-order valence-corrected chi connectivity index (χ4v) is 2.38. The van der Waals surface area contributed by atoms with E-state index in [-0.39, 0.29) is 17.7 Å². The highest BCUT2D eigenvalue weighted by Gasteiger charge is 2.15. The molecule has 2 aromatic carbocycles. The smallest absolute Gasteiger partial charge is 0.123 e. The first-order valence-electron chi connectivity index (χ1n) is 7.41. The molecule has 0 aromatic heterocycles. The normalized spacial score (nSPS) is 11.8. The van der Waals surface area contributed by atoms with Gasteiger partial charge in [-0.25, -0.2) is 8.78 Å². The zero-order chi connectivity index (χ0) is 16.7. The Kier molecular flexibility index (Phi) is 6.56. The van der Waals surface area contributed by atoms with Crippen molar-refractivity contribution in [2.45, 2.75) is 13.0 Å². The van der Waals surface area contributed by atoms with Crippen molar-refractivity contribution in [3.05, 3.63) is 82.5 Å². The van der Waals surface area contributed by atoms with Crippen molar-refractivity contribution < 1.29 is 8.78 Å². The van der Waals surface area contributed by atoms with Gasteiger partial charge in [0.25, 0.3) is 0 Å². The van der Waals surface area contributed by atoms with Crippen LogP contribution in [0.1, 0.15) is 24.1 Å². The molecule has 0 unspecified atom stereocenters. The van der Waals surface area contributed by atoms with Crippen molar-refractivity contribution in [2.75, 3.05) is 13.1 Å². The Labute approximate surface area is 140 Å². The van der Waals surface area contributed by atoms with Gasteiger partial charge in [0, 0.05) is 17.8 Å². The van der Waals surface area contributed by atoms with Crippen LogP contribution < -0.4 is 10.6 Å². The van der Waals surface area contributed by atoms with Crippen LogP contribution in [0.5, 0.6) is 0 Å². The second-order valence-corrected chi connectivity index (χ2v) is 5.31. The van der Waals surface area contributed by atoms with Crippen LogP contribution in [0.25, 0.3) is 0 Å². The van der Waals surface area contributed by atoms with Crippen LogP contribution >= 0.6 is 11.6 Å². The molecular weight excluding hydrogens is 318 g/mol. The van der Waals surface area contributed by atoms with E-state index in [1.807, 2.05) is 6.92 Å². The number of benzene rings is 2. The maximum Gasteiger partial charge on any atom is 0.123 e. The highest BCUT2D eigenvalue weighted by Crippen LogP contribution is 2.24. The molecule has 5 heteroatoms. The number of likely N-dealkylation sites (N-methyl/N-ethyl adjacent to an activating group) is 1. The molecule has 0 fully saturated rings. The van der Waals surface area contributed by atoms with Gasteiger partial charge in [0.15, 0.2) is 0 Å². The van der Waals surface area contributed by atoms with E-state index in [1.165, 1.54) is 29.8 Å². The molecular formula is C18H19ClF2N2. The quantitative estimate of drug-likeness (QED) is 0.786. The maximum atomic E-state index is 13.2. The van der Waals surface area contributed by atoms with Gasteiger partial charge in [-0.2, -0.15) is 0 Å². The highest BCUT2D eigenvalue weighted by atomic mass is 35.5. The minimum Gasteiger partial charge on any atom is -0.376 e. The van der Waals surface area contributed by atoms with Crippen LogP contribution in [0.4, 0.5) is 8.78 Å². The van der Waals surface area contributed by atoms with Crippen LogP contribution in [0.2, 0.25) is 0 Å². The molecule has 2 nitrogen and oxygen atoms in total. The molecule has 0 atom stereocenters. The van der Waals surface area contributed by atoms with Crippen molar-refractivity contribution in [1.29, 1.82) is 0 Å². The van der Waals surface area contributed by atoms with Crippen LogP contribution in [0.3, 0.4) is 0 Å². The summed E-state index contributed by atoms with van der Waals surface area (Å²) in [5.41, 5.74) is 4.01. The Morgan fingerprint density at radius 3 is 1.87 bits per heavy atom. The third-order valence-corrected chi connectivity index (χ3v) is 3.70. The summed E-state index contributed by atoms with van der Waals surface area (Å²) < 4.78 is 26.4. The number of rotatable bonds is 7. The summed E-state index contributed by atoms with van der Waals surface area (Å²) in [6.07, 6.45) is 0. The first kappa shape index (κ1) is 17.4. The SMILES string of the molecule is CCNC/C(=C\Cl)NC(c1ccc(F)cc1)c1ccc(F)cc1. The minimum atomic E-state index is -0.299. The molecule has 2 N–H and O–H groups in total. The molecule has 0 saturated heterocycles. The maximum absolute atomic E-state index is 13.2. The van der Waals surface area contributed by atoms with Gasteiger partial charge in [-0.1, -0.05) is 42.8 Å². The van der Waals surface area contributed by atoms with Gasteiger partial charge in [0.1, 0.15) is 11.6 Å². The summed E-state index contributed by atoms with van der Waals surface area (Å²) in [4.78, 5) is 0. The molecule has 0 heterocycles. The van der Waals surface area contributed by atoms with Crippen LogP contribution in [-0.2, 0) is 0 Å². The van der Waals surface area contributed by atoms with E-state index in [4.69, 9.17) is 11.6 Å². The lowest BCUT2D eigenvalue weighted by molar-refractivity contribution is 0.615. The first-order chi connectivity index (χ1) is 11.1. The summed E-state index contributed by atoms with van der Waals surface area (Å²) in [5, 5.41) is 6.52. The standard InChI is InChI=1S/C18H19ClF2N2/c1-2-22-12-17(11-19)23-18(13-3-7-15(20)8-4-13)14-5-9-16(21)10-6-14/h3-11,18,22-23H,2,12H2,1H3/b17-11+. The van der Waals surface area contributed by atoms with Crippen molar-refractivity contribution >= 4 is 11.6 Å². The predicted molar refractivity (Wildman–Crippen MR) is 90.3 cm³/mol. The summed E-state index contributed by atoms with van der Waals surface area (Å²) >= 11 is 5.89. The van der Waals surface area contributed by atoms with E-state index in [0.717, 1.165) is 23.4 Å². The Hall–Kier alpha value is -1.91. The van der Waals surface area contributed by atoms with Gasteiger partial charge >= 0.3 is 0 Å². The van der Waals surface area contributed by atoms with Crippen LogP contribution in [0.15, 0.2) is 59.8 Å². The Bertz CT molecular complexity index is 594. The zero-order valence-electron chi connectivity index (χ0n) is 12.8. The predicted octanol–water partition coefficient (Wildman–Crippen LogP) is 4.33. The Morgan fingerprint density at radius 2 is 1.48 bits per heavy atom. The lowest BCUT2D eigenvalue weighted by atomic mass is 9.98. The molecule has 0 radical (unpaired) electrons. The van der Waals surface area contributed by atoms with Crippen LogP contribution in [0, 0.1) is 11.6 Å². The fraction of sp³-hybridized carbons (Fsp3) is 0.222. The van der Waals surface area contributed by atoms with Gasteiger partial charge in [0.2, 0.25) is 0 Å². The third kappa shape index (κ3) is 5.05. The molecule has 0 aliphatic rings. The second-order valence-electron chi connectivity index (χ2n) is 5.10. The Balaban J connectivity index is 2.30. The third-order valence-electron chi connectivity index (χ3n) is 3.43. The zero-order valence-corrected chi connectivity index (χ0v) is 13.6. The van der Waals surface area contributed by atoms with E-state index >= 15 is 0 Å². The molecule has 0 saturated carbocycles. The second kappa shape index (κ2) is 8.65. The van der Waals surface area contributed by atoms with E-state index in [0.29, 0.717) is 6.54 Å². The largest absolute Gasteiger partial charge is 0.376 e. The molecule has 23 heavy (non-hydrogen) atoms. The fourth-order valence-electron chi connectivity index (χ4n) is 2.24. The van der Waals surface area contributed by atoms with E-state index in [1.54, 1.807) is 24.3 Å². The van der Waals surface area contributed by atoms with Gasteiger partial charge in [-0.05, 0) is 41.9 Å². The molecule has 2 aromatic rings. The van der Waals surface area contributed by atoms with Crippen LogP contribution in [-0.4, -0.2) is 13.1 Å². The molecule has 0 amide bonds. The van der Waals surface area contributed by atoms with E-state index < -0.39 is 0 Å². The first-order valence-corrected chi connectivity index (χ1v) is 7.85. The Morgan fingerprint density at radius 1 is 1.00 bits per heavy atom. The number of nitrogens with one attached hydrogen (secondary N) is 2. The molecule has 122 valence electrons. The van der Waals surface area contributed by atoms with Crippen molar-refractivity contribution in [3.63, 3.8) is 0 Å². The molecule has 0 aliphatic carbocycles. The average molecular weight is 337 g/mol. The summed E-state index contributed by atoms with van der Waals surface area (Å²) in [5.74, 6) is -0.597. The van der Waals surface area contributed by atoms with E-state index in [9.17, 15) is 8.78 Å². The molecule has 2 rings (SSSR count). The topological polar surface area (TPSA) is 24.1 Å². The minimum absolute atomic E-state index is 0.250. The number of hydrogen-bond donors (Lipinski definition) is 2.